The number of halogens is 1. The summed E-state index contributed by atoms with van der Waals surface area (Å²) in [6, 6.07) is 9.35. The molecule has 2 aromatic heterocycles. The summed E-state index contributed by atoms with van der Waals surface area (Å²) < 4.78 is 2.07. The van der Waals surface area contributed by atoms with E-state index in [1.165, 1.54) is 24.8 Å². The highest BCUT2D eigenvalue weighted by atomic mass is 79.9. The summed E-state index contributed by atoms with van der Waals surface area (Å²) in [7, 11) is 0. The molecule has 0 radical (unpaired) electrons. The van der Waals surface area contributed by atoms with Crippen molar-refractivity contribution >= 4 is 33.5 Å². The fraction of sp³-hybridized carbons (Fsp3) is 0. The number of aromatic carboxylic acids is 1. The maximum Gasteiger partial charge on any atom is 0.335 e. The van der Waals surface area contributed by atoms with Crippen molar-refractivity contribution < 1.29 is 14.7 Å². The van der Waals surface area contributed by atoms with Crippen LogP contribution in [0.1, 0.15) is 20.8 Å². The number of aromatic nitrogens is 4. The topological polar surface area (TPSA) is 110 Å². The maximum atomic E-state index is 12.4. The van der Waals surface area contributed by atoms with Gasteiger partial charge in [-0.1, -0.05) is 6.07 Å². The third-order valence-electron chi connectivity index (χ3n) is 3.10. The largest absolute Gasteiger partial charge is 0.478 e. The monoisotopic (exact) mass is 387 g/mol. The zero-order valence-electron chi connectivity index (χ0n) is 12.0. The van der Waals surface area contributed by atoms with Crippen molar-refractivity contribution in [2.45, 2.75) is 0 Å². The van der Waals surface area contributed by atoms with Crippen LogP contribution in [0.2, 0.25) is 0 Å². The Morgan fingerprint density at radius 2 is 1.88 bits per heavy atom. The Hall–Kier alpha value is -3.07. The van der Waals surface area contributed by atoms with Crippen LogP contribution in [0.25, 0.3) is 5.82 Å². The van der Waals surface area contributed by atoms with Gasteiger partial charge in [0, 0.05) is 10.2 Å². The number of carboxylic acids is 1. The standard InChI is InChI=1S/C15H10BrN5O3/c16-11-4-5-12(21-7-17-18-8-21)20-13(11)14(22)19-10-3-1-2-9(6-10)15(23)24/h1-8H,(H,19,22)(H,23,24). The Morgan fingerprint density at radius 3 is 2.58 bits per heavy atom. The summed E-state index contributed by atoms with van der Waals surface area (Å²) in [6.45, 7) is 0. The van der Waals surface area contributed by atoms with Crippen LogP contribution >= 0.6 is 15.9 Å². The van der Waals surface area contributed by atoms with E-state index in [0.717, 1.165) is 0 Å². The number of benzene rings is 1. The van der Waals surface area contributed by atoms with Gasteiger partial charge in [0.1, 0.15) is 24.2 Å². The Kier molecular flexibility index (Phi) is 4.34. The number of rotatable bonds is 4. The Morgan fingerprint density at radius 1 is 1.12 bits per heavy atom. The second-order valence-electron chi connectivity index (χ2n) is 4.71. The van der Waals surface area contributed by atoms with Gasteiger partial charge in [0.15, 0.2) is 0 Å². The van der Waals surface area contributed by atoms with Crippen molar-refractivity contribution in [3.63, 3.8) is 0 Å². The second kappa shape index (κ2) is 6.59. The number of carbonyl (C=O) groups excluding carboxylic acids is 1. The molecule has 24 heavy (non-hydrogen) atoms. The number of hydrogen-bond donors (Lipinski definition) is 2. The molecule has 0 aliphatic carbocycles. The van der Waals surface area contributed by atoms with Crippen molar-refractivity contribution in [1.29, 1.82) is 0 Å². The van der Waals surface area contributed by atoms with E-state index in [0.29, 0.717) is 16.0 Å². The van der Waals surface area contributed by atoms with Crippen LogP contribution in [0.5, 0.6) is 0 Å². The molecular weight excluding hydrogens is 378 g/mol. The molecule has 9 heteroatoms. The van der Waals surface area contributed by atoms with Gasteiger partial charge in [0.05, 0.1) is 5.56 Å². The lowest BCUT2D eigenvalue weighted by Gasteiger charge is -2.09. The third kappa shape index (κ3) is 3.30. The predicted molar refractivity (Wildman–Crippen MR) is 88.2 cm³/mol. The van der Waals surface area contributed by atoms with E-state index in [4.69, 9.17) is 5.11 Å². The van der Waals surface area contributed by atoms with Gasteiger partial charge in [-0.15, -0.1) is 10.2 Å². The van der Waals surface area contributed by atoms with Crippen molar-refractivity contribution in [3.05, 3.63) is 64.8 Å². The van der Waals surface area contributed by atoms with Gasteiger partial charge in [-0.2, -0.15) is 0 Å². The average molecular weight is 388 g/mol. The zero-order valence-corrected chi connectivity index (χ0v) is 13.6. The molecule has 0 atom stereocenters. The van der Waals surface area contributed by atoms with Gasteiger partial charge >= 0.3 is 5.97 Å². The lowest BCUT2D eigenvalue weighted by Crippen LogP contribution is -2.16. The number of nitrogens with zero attached hydrogens (tertiary/aromatic N) is 4. The minimum absolute atomic E-state index is 0.0815. The van der Waals surface area contributed by atoms with Gasteiger partial charge in [-0.05, 0) is 46.3 Å². The van der Waals surface area contributed by atoms with Crippen LogP contribution < -0.4 is 5.32 Å². The first-order valence-corrected chi connectivity index (χ1v) is 7.50. The molecule has 3 rings (SSSR count). The van der Waals surface area contributed by atoms with Crippen LogP contribution in [0.15, 0.2) is 53.5 Å². The second-order valence-corrected chi connectivity index (χ2v) is 5.56. The molecule has 0 aliphatic rings. The van der Waals surface area contributed by atoms with E-state index in [-0.39, 0.29) is 11.3 Å². The minimum atomic E-state index is -1.07. The third-order valence-corrected chi connectivity index (χ3v) is 3.74. The minimum Gasteiger partial charge on any atom is -0.478 e. The number of anilines is 1. The Labute approximate surface area is 144 Å². The lowest BCUT2D eigenvalue weighted by atomic mass is 10.2. The smallest absolute Gasteiger partial charge is 0.335 e. The molecule has 0 spiro atoms. The van der Waals surface area contributed by atoms with Gasteiger partial charge in [-0.25, -0.2) is 9.78 Å². The van der Waals surface area contributed by atoms with Gasteiger partial charge < -0.3 is 10.4 Å². The van der Waals surface area contributed by atoms with E-state index >= 15 is 0 Å². The van der Waals surface area contributed by atoms with Crippen LogP contribution in [-0.4, -0.2) is 36.7 Å². The predicted octanol–water partition coefficient (Wildman–Crippen LogP) is 2.38. The SMILES string of the molecule is O=C(O)c1cccc(NC(=O)c2nc(-n3cnnc3)ccc2Br)c1. The van der Waals surface area contributed by atoms with Crippen LogP contribution in [0.4, 0.5) is 5.69 Å². The first-order valence-electron chi connectivity index (χ1n) is 6.71. The summed E-state index contributed by atoms with van der Waals surface area (Å²) in [5.41, 5.74) is 0.600. The van der Waals surface area contributed by atoms with Crippen LogP contribution in [-0.2, 0) is 0 Å². The Balaban J connectivity index is 1.89. The van der Waals surface area contributed by atoms with Gasteiger partial charge in [0.2, 0.25) is 0 Å². The summed E-state index contributed by atoms with van der Waals surface area (Å²) in [4.78, 5) is 27.7. The quantitative estimate of drug-likeness (QED) is 0.710. The van der Waals surface area contributed by atoms with E-state index in [2.05, 4.69) is 36.4 Å². The highest BCUT2D eigenvalue weighted by Gasteiger charge is 2.15. The summed E-state index contributed by atoms with van der Waals surface area (Å²) in [6.07, 6.45) is 2.93. The first kappa shape index (κ1) is 15.8. The number of carboxylic acid groups (broad SMARTS) is 1. The average Bonchev–Trinajstić information content (AvgIpc) is 3.10. The highest BCUT2D eigenvalue weighted by Crippen LogP contribution is 2.19. The molecule has 0 fully saturated rings. The van der Waals surface area contributed by atoms with E-state index < -0.39 is 11.9 Å². The fourth-order valence-electron chi connectivity index (χ4n) is 1.97. The molecule has 0 saturated carbocycles. The Bertz CT molecular complexity index is 911. The molecule has 1 amide bonds. The molecule has 120 valence electrons. The molecular formula is C15H10BrN5O3. The number of carbonyl (C=O) groups is 2. The number of pyridine rings is 1. The molecule has 0 bridgehead atoms. The van der Waals surface area contributed by atoms with Gasteiger partial charge in [-0.3, -0.25) is 9.36 Å². The van der Waals surface area contributed by atoms with Crippen LogP contribution in [0, 0.1) is 0 Å². The maximum absolute atomic E-state index is 12.4. The highest BCUT2D eigenvalue weighted by molar-refractivity contribution is 9.10. The van der Waals surface area contributed by atoms with Crippen molar-refractivity contribution in [2.75, 3.05) is 5.32 Å². The van der Waals surface area contributed by atoms with E-state index in [9.17, 15) is 9.59 Å². The van der Waals surface area contributed by atoms with E-state index in [1.807, 2.05) is 0 Å². The summed E-state index contributed by atoms with van der Waals surface area (Å²) >= 11 is 3.29. The van der Waals surface area contributed by atoms with Crippen LogP contribution in [0.3, 0.4) is 0 Å². The molecule has 1 aromatic carbocycles. The van der Waals surface area contributed by atoms with Crippen molar-refractivity contribution in [3.8, 4) is 5.82 Å². The van der Waals surface area contributed by atoms with E-state index in [1.54, 1.807) is 28.8 Å². The summed E-state index contributed by atoms with van der Waals surface area (Å²) in [5.74, 6) is -1.06. The molecule has 2 N–H and O–H groups in total. The van der Waals surface area contributed by atoms with Crippen molar-refractivity contribution in [1.82, 2.24) is 19.7 Å². The fourth-order valence-corrected chi connectivity index (χ4v) is 2.38. The zero-order chi connectivity index (χ0) is 17.1. The molecule has 2 heterocycles. The molecule has 0 saturated heterocycles. The summed E-state index contributed by atoms with van der Waals surface area (Å²) in [5, 5.41) is 19.0. The molecule has 8 nitrogen and oxygen atoms in total. The van der Waals surface area contributed by atoms with Gasteiger partial charge in [0.25, 0.3) is 5.91 Å². The number of hydrogen-bond acceptors (Lipinski definition) is 5. The number of nitrogens with one attached hydrogen (secondary N) is 1. The normalized spacial score (nSPS) is 10.4. The molecule has 0 aliphatic heterocycles. The lowest BCUT2D eigenvalue weighted by molar-refractivity contribution is 0.0696. The first-order chi connectivity index (χ1) is 11.5. The van der Waals surface area contributed by atoms with Crippen molar-refractivity contribution in [2.24, 2.45) is 0 Å². The molecule has 3 aromatic rings. The number of amides is 1. The molecule has 0 unspecified atom stereocenters.